The number of rotatable bonds is 10. The standard InChI is InChI=1S/C35H42O4/c1-4-5-6-7-33(37-2)39-32-19-29-13-12-28(26-8-10-27(11-9-26)34(36)38-3)17-30(29)18-31(32)35-20-23-14-24(21-35)16-25(15-23)22-35/h8-13,17-19,23-25,33H,4-7,14-16,20-22H2,1-3H3. The van der Waals surface area contributed by atoms with Crippen LogP contribution in [0.5, 0.6) is 5.75 Å². The van der Waals surface area contributed by atoms with Crippen molar-refractivity contribution in [3.8, 4) is 16.9 Å². The summed E-state index contributed by atoms with van der Waals surface area (Å²) in [7, 11) is 3.19. The Morgan fingerprint density at radius 1 is 0.846 bits per heavy atom. The van der Waals surface area contributed by atoms with Gasteiger partial charge in [-0.05, 0) is 120 Å². The maximum atomic E-state index is 11.9. The molecule has 0 aromatic heterocycles. The van der Waals surface area contributed by atoms with Crippen LogP contribution in [-0.4, -0.2) is 26.5 Å². The molecule has 0 amide bonds. The van der Waals surface area contributed by atoms with Crippen LogP contribution >= 0.6 is 0 Å². The predicted molar refractivity (Wildman–Crippen MR) is 156 cm³/mol. The summed E-state index contributed by atoms with van der Waals surface area (Å²) >= 11 is 0. The van der Waals surface area contributed by atoms with Crippen LogP contribution in [-0.2, 0) is 14.9 Å². The third-order valence-electron chi connectivity index (χ3n) is 9.75. The van der Waals surface area contributed by atoms with Gasteiger partial charge in [-0.2, -0.15) is 0 Å². The molecule has 0 radical (unpaired) electrons. The Labute approximate surface area is 233 Å². The minimum absolute atomic E-state index is 0.214. The van der Waals surface area contributed by atoms with E-state index in [0.29, 0.717) is 5.56 Å². The topological polar surface area (TPSA) is 44.8 Å². The van der Waals surface area contributed by atoms with Crippen LogP contribution in [0.2, 0.25) is 0 Å². The van der Waals surface area contributed by atoms with Gasteiger partial charge in [-0.15, -0.1) is 0 Å². The highest BCUT2D eigenvalue weighted by Crippen LogP contribution is 2.62. The van der Waals surface area contributed by atoms with Crippen LogP contribution in [0.1, 0.15) is 87.1 Å². The molecule has 0 aliphatic heterocycles. The molecule has 4 bridgehead atoms. The summed E-state index contributed by atoms with van der Waals surface area (Å²) in [6.45, 7) is 2.24. The smallest absolute Gasteiger partial charge is 0.337 e. The van der Waals surface area contributed by atoms with Crippen molar-refractivity contribution in [1.29, 1.82) is 0 Å². The fourth-order valence-electron chi connectivity index (χ4n) is 8.25. The second-order valence-corrected chi connectivity index (χ2v) is 12.5. The van der Waals surface area contributed by atoms with Crippen LogP contribution in [0.15, 0.2) is 54.6 Å². The number of hydrogen-bond donors (Lipinski definition) is 0. The number of benzene rings is 3. The molecule has 4 heteroatoms. The van der Waals surface area contributed by atoms with Gasteiger partial charge < -0.3 is 14.2 Å². The van der Waals surface area contributed by atoms with E-state index >= 15 is 0 Å². The summed E-state index contributed by atoms with van der Waals surface area (Å²) in [5.41, 5.74) is 4.44. The monoisotopic (exact) mass is 526 g/mol. The number of hydrogen-bond acceptors (Lipinski definition) is 4. The average Bonchev–Trinajstić information content (AvgIpc) is 2.95. The normalized spacial score (nSPS) is 26.1. The fourth-order valence-corrected chi connectivity index (χ4v) is 8.25. The van der Waals surface area contributed by atoms with Crippen LogP contribution in [0, 0.1) is 17.8 Å². The lowest BCUT2D eigenvalue weighted by Gasteiger charge is -2.57. The molecule has 3 aromatic rings. The Bertz CT molecular complexity index is 1290. The minimum atomic E-state index is -0.308. The molecule has 3 aromatic carbocycles. The Kier molecular flexibility index (Phi) is 7.41. The Morgan fingerprint density at radius 2 is 1.51 bits per heavy atom. The average molecular weight is 527 g/mol. The summed E-state index contributed by atoms with van der Waals surface area (Å²) in [5.74, 6) is 3.31. The van der Waals surface area contributed by atoms with E-state index in [0.717, 1.165) is 47.5 Å². The molecule has 39 heavy (non-hydrogen) atoms. The van der Waals surface area contributed by atoms with Gasteiger partial charge in [-0.3, -0.25) is 0 Å². The molecule has 7 rings (SSSR count). The maximum absolute atomic E-state index is 11.9. The first-order chi connectivity index (χ1) is 19.0. The number of unbranched alkanes of at least 4 members (excludes halogenated alkanes) is 2. The van der Waals surface area contributed by atoms with Crippen LogP contribution in [0.3, 0.4) is 0 Å². The van der Waals surface area contributed by atoms with Gasteiger partial charge in [0.15, 0.2) is 6.29 Å². The third-order valence-corrected chi connectivity index (χ3v) is 9.75. The zero-order chi connectivity index (χ0) is 27.0. The molecule has 4 nitrogen and oxygen atoms in total. The van der Waals surface area contributed by atoms with E-state index in [9.17, 15) is 4.79 Å². The molecule has 4 aliphatic carbocycles. The second kappa shape index (κ2) is 11.0. The van der Waals surface area contributed by atoms with Gasteiger partial charge in [0.25, 0.3) is 0 Å². The zero-order valence-corrected chi connectivity index (χ0v) is 23.7. The Balaban J connectivity index is 1.39. The highest BCUT2D eigenvalue weighted by molar-refractivity contribution is 5.92. The summed E-state index contributed by atoms with van der Waals surface area (Å²) in [6.07, 6.45) is 12.4. The molecule has 206 valence electrons. The lowest BCUT2D eigenvalue weighted by Crippen LogP contribution is -2.48. The Hall–Kier alpha value is -2.85. The summed E-state index contributed by atoms with van der Waals surface area (Å²) in [4.78, 5) is 11.9. The molecule has 0 N–H and O–H groups in total. The predicted octanol–water partition coefficient (Wildman–Crippen LogP) is 8.69. The van der Waals surface area contributed by atoms with Gasteiger partial charge in [0, 0.05) is 19.1 Å². The lowest BCUT2D eigenvalue weighted by molar-refractivity contribution is -0.0627. The van der Waals surface area contributed by atoms with Crippen LogP contribution in [0.4, 0.5) is 0 Å². The van der Waals surface area contributed by atoms with Gasteiger partial charge in [-0.25, -0.2) is 4.79 Å². The summed E-state index contributed by atoms with van der Waals surface area (Å²) < 4.78 is 17.4. The van der Waals surface area contributed by atoms with E-state index < -0.39 is 0 Å². The van der Waals surface area contributed by atoms with E-state index in [4.69, 9.17) is 14.2 Å². The minimum Gasteiger partial charge on any atom is -0.465 e. The molecular formula is C35H42O4. The van der Waals surface area contributed by atoms with Gasteiger partial charge in [-0.1, -0.05) is 44.0 Å². The molecule has 0 heterocycles. The van der Waals surface area contributed by atoms with E-state index in [1.807, 2.05) is 24.3 Å². The van der Waals surface area contributed by atoms with Crippen LogP contribution < -0.4 is 4.74 Å². The van der Waals surface area contributed by atoms with Gasteiger partial charge in [0.05, 0.1) is 12.7 Å². The molecular weight excluding hydrogens is 484 g/mol. The van der Waals surface area contributed by atoms with Crippen molar-refractivity contribution in [2.24, 2.45) is 17.8 Å². The molecule has 0 spiro atoms. The number of esters is 1. The van der Waals surface area contributed by atoms with Gasteiger partial charge in [0.2, 0.25) is 0 Å². The van der Waals surface area contributed by atoms with E-state index in [2.05, 4.69) is 37.3 Å². The number of ether oxygens (including phenoxy) is 3. The number of fused-ring (bicyclic) bond motifs is 1. The molecule has 4 saturated carbocycles. The van der Waals surface area contributed by atoms with Gasteiger partial charge >= 0.3 is 5.97 Å². The number of methoxy groups -OCH3 is 2. The fraction of sp³-hybridized carbons (Fsp3) is 0.514. The molecule has 0 saturated heterocycles. The first-order valence-corrected chi connectivity index (χ1v) is 15.0. The molecule has 4 aliphatic rings. The van der Waals surface area contributed by atoms with Crippen LogP contribution in [0.25, 0.3) is 21.9 Å². The van der Waals surface area contributed by atoms with Crippen molar-refractivity contribution in [3.05, 3.63) is 65.7 Å². The molecule has 1 unspecified atom stereocenters. The van der Waals surface area contributed by atoms with E-state index in [1.54, 1.807) is 7.11 Å². The maximum Gasteiger partial charge on any atom is 0.337 e. The first-order valence-electron chi connectivity index (χ1n) is 15.0. The van der Waals surface area contributed by atoms with Gasteiger partial charge in [0.1, 0.15) is 5.75 Å². The van der Waals surface area contributed by atoms with E-state index in [1.165, 1.54) is 74.8 Å². The lowest BCUT2D eigenvalue weighted by atomic mass is 9.48. The highest BCUT2D eigenvalue weighted by Gasteiger charge is 2.52. The van der Waals surface area contributed by atoms with Crippen molar-refractivity contribution in [2.75, 3.05) is 14.2 Å². The Morgan fingerprint density at radius 3 is 2.13 bits per heavy atom. The highest BCUT2D eigenvalue weighted by atomic mass is 16.7. The van der Waals surface area contributed by atoms with E-state index in [-0.39, 0.29) is 17.7 Å². The second-order valence-electron chi connectivity index (χ2n) is 12.5. The summed E-state index contributed by atoms with van der Waals surface area (Å²) in [6, 6.07) is 19.1. The first kappa shape index (κ1) is 26.4. The number of carbonyl (C=O) groups is 1. The van der Waals surface area contributed by atoms with Crippen molar-refractivity contribution in [1.82, 2.24) is 0 Å². The quantitative estimate of drug-likeness (QED) is 0.151. The molecule has 4 fully saturated rings. The van der Waals surface area contributed by atoms with Crippen molar-refractivity contribution in [2.45, 2.75) is 82.8 Å². The summed E-state index contributed by atoms with van der Waals surface area (Å²) in [5, 5.41) is 2.44. The molecule has 1 atom stereocenters. The van der Waals surface area contributed by atoms with Crippen molar-refractivity contribution < 1.29 is 19.0 Å². The largest absolute Gasteiger partial charge is 0.465 e. The SMILES string of the molecule is CCCCCC(OC)Oc1cc2ccc(-c3ccc(C(=O)OC)cc3)cc2cc1C12CC3CC(CC(C3)C1)C2. The zero-order valence-electron chi connectivity index (χ0n) is 23.7. The number of carbonyl (C=O) groups excluding carboxylic acids is 1. The van der Waals surface area contributed by atoms with Crippen molar-refractivity contribution >= 4 is 16.7 Å². The van der Waals surface area contributed by atoms with Crippen molar-refractivity contribution in [3.63, 3.8) is 0 Å². The third kappa shape index (κ3) is 5.20.